The number of fused-ring (bicyclic) bond motifs is 1. The highest BCUT2D eigenvalue weighted by atomic mass is 32.2. The summed E-state index contributed by atoms with van der Waals surface area (Å²) in [5.74, 6) is 0.534. The van der Waals surface area contributed by atoms with Gasteiger partial charge in [0.1, 0.15) is 0 Å². The monoisotopic (exact) mass is 446 g/mol. The molecule has 32 heavy (non-hydrogen) atoms. The van der Waals surface area contributed by atoms with E-state index in [1.165, 1.54) is 11.1 Å². The van der Waals surface area contributed by atoms with Gasteiger partial charge in [-0.2, -0.15) is 4.31 Å². The smallest absolute Gasteiger partial charge is 0.243 e. The van der Waals surface area contributed by atoms with Gasteiger partial charge in [0.2, 0.25) is 10.0 Å². The average Bonchev–Trinajstić information content (AvgIpc) is 3.58. The highest BCUT2D eigenvalue weighted by Crippen LogP contribution is 2.58. The van der Waals surface area contributed by atoms with Gasteiger partial charge in [-0.05, 0) is 55.5 Å². The third kappa shape index (κ3) is 3.79. The summed E-state index contributed by atoms with van der Waals surface area (Å²) in [6, 6.07) is 29.6. The van der Waals surface area contributed by atoms with Crippen LogP contribution in [0.4, 0.5) is 0 Å². The summed E-state index contributed by atoms with van der Waals surface area (Å²) in [5.41, 5.74) is 2.31. The van der Waals surface area contributed by atoms with Crippen LogP contribution in [0.2, 0.25) is 0 Å². The fourth-order valence-electron chi connectivity index (χ4n) is 5.64. The number of hydrogen-bond donors (Lipinski definition) is 0. The molecule has 5 rings (SSSR count). The van der Waals surface area contributed by atoms with Crippen molar-refractivity contribution in [1.82, 2.24) is 9.21 Å². The van der Waals surface area contributed by atoms with Crippen LogP contribution < -0.4 is 0 Å². The lowest BCUT2D eigenvalue weighted by Crippen LogP contribution is -2.59. The first kappa shape index (κ1) is 21.4. The van der Waals surface area contributed by atoms with Gasteiger partial charge in [-0.25, -0.2) is 8.42 Å². The first-order valence-electron chi connectivity index (χ1n) is 11.4. The number of benzene rings is 3. The Hall–Kier alpha value is -2.47. The normalized spacial score (nSPS) is 25.4. The van der Waals surface area contributed by atoms with E-state index in [1.54, 1.807) is 28.6 Å². The molecule has 3 aromatic rings. The van der Waals surface area contributed by atoms with Gasteiger partial charge in [0.25, 0.3) is 0 Å². The molecule has 5 heteroatoms. The predicted octanol–water partition coefficient (Wildman–Crippen LogP) is 4.58. The molecule has 166 valence electrons. The molecule has 1 saturated heterocycles. The van der Waals surface area contributed by atoms with Crippen LogP contribution in [0, 0.1) is 5.92 Å². The standard InChI is InChI=1S/C27H30N2O2S/c1-28(21-23-13-7-3-8-14-23)27-20-24(27)17-18-29(26(27)19-22-11-5-2-6-12-22)32(30,31)25-15-9-4-10-16-25/h2-16,24,26H,17-21H2,1H3/t24-,26+,27-/m1/s1. The van der Waals surface area contributed by atoms with E-state index in [0.717, 1.165) is 25.8 Å². The Balaban J connectivity index is 1.53. The van der Waals surface area contributed by atoms with Crippen LogP contribution in [0.5, 0.6) is 0 Å². The molecule has 4 nitrogen and oxygen atoms in total. The van der Waals surface area contributed by atoms with Gasteiger partial charge in [-0.3, -0.25) is 4.90 Å². The Morgan fingerprint density at radius 3 is 2.06 bits per heavy atom. The number of hydrogen-bond acceptors (Lipinski definition) is 3. The average molecular weight is 447 g/mol. The lowest BCUT2D eigenvalue weighted by atomic mass is 9.90. The first-order chi connectivity index (χ1) is 15.5. The molecule has 1 saturated carbocycles. The zero-order valence-corrected chi connectivity index (χ0v) is 19.3. The van der Waals surface area contributed by atoms with E-state index < -0.39 is 10.0 Å². The number of likely N-dealkylation sites (N-methyl/N-ethyl adjacent to an activating group) is 1. The van der Waals surface area contributed by atoms with Crippen molar-refractivity contribution in [1.29, 1.82) is 0 Å². The van der Waals surface area contributed by atoms with Gasteiger partial charge in [0.05, 0.1) is 4.90 Å². The minimum Gasteiger partial charge on any atom is -0.295 e. The van der Waals surface area contributed by atoms with Crippen molar-refractivity contribution in [2.45, 2.75) is 42.3 Å². The van der Waals surface area contributed by atoms with E-state index in [4.69, 9.17) is 0 Å². The lowest BCUT2D eigenvalue weighted by molar-refractivity contribution is 0.0792. The molecule has 2 fully saturated rings. The van der Waals surface area contributed by atoms with E-state index in [2.05, 4.69) is 48.3 Å². The van der Waals surface area contributed by atoms with Crippen molar-refractivity contribution >= 4 is 10.0 Å². The molecule has 0 spiro atoms. The molecular formula is C27H30N2O2S. The third-order valence-electron chi connectivity index (χ3n) is 7.34. The first-order valence-corrected chi connectivity index (χ1v) is 12.8. The van der Waals surface area contributed by atoms with Crippen LogP contribution in [-0.4, -0.2) is 42.8 Å². The summed E-state index contributed by atoms with van der Waals surface area (Å²) in [5, 5.41) is 0. The second-order valence-corrected chi connectivity index (χ2v) is 11.0. The van der Waals surface area contributed by atoms with Crippen LogP contribution in [0.15, 0.2) is 95.9 Å². The van der Waals surface area contributed by atoms with Crippen molar-refractivity contribution in [2.24, 2.45) is 5.92 Å². The molecule has 0 N–H and O–H groups in total. The van der Waals surface area contributed by atoms with E-state index in [-0.39, 0.29) is 11.6 Å². The highest BCUT2D eigenvalue weighted by Gasteiger charge is 2.66. The van der Waals surface area contributed by atoms with E-state index in [9.17, 15) is 8.42 Å². The molecule has 0 unspecified atom stereocenters. The number of sulfonamides is 1. The Kier molecular flexibility index (Phi) is 5.66. The molecule has 1 heterocycles. The Labute approximate surface area is 191 Å². The molecule has 0 bridgehead atoms. The topological polar surface area (TPSA) is 40.6 Å². The largest absolute Gasteiger partial charge is 0.295 e. The summed E-state index contributed by atoms with van der Waals surface area (Å²) in [6.45, 7) is 1.40. The molecule has 1 aliphatic carbocycles. The molecule has 3 aromatic carbocycles. The van der Waals surface area contributed by atoms with Crippen molar-refractivity contribution < 1.29 is 8.42 Å². The van der Waals surface area contributed by atoms with E-state index in [1.807, 2.05) is 30.3 Å². The van der Waals surface area contributed by atoms with Crippen LogP contribution in [0.3, 0.4) is 0 Å². The van der Waals surface area contributed by atoms with Crippen molar-refractivity contribution in [3.63, 3.8) is 0 Å². The molecule has 2 aliphatic rings. The number of rotatable bonds is 7. The van der Waals surface area contributed by atoms with Crippen LogP contribution in [0.25, 0.3) is 0 Å². The van der Waals surface area contributed by atoms with Crippen LogP contribution >= 0.6 is 0 Å². The Morgan fingerprint density at radius 1 is 0.875 bits per heavy atom. The fourth-order valence-corrected chi connectivity index (χ4v) is 7.35. The molecule has 0 radical (unpaired) electrons. The maximum absolute atomic E-state index is 13.8. The van der Waals surface area contributed by atoms with Gasteiger partial charge >= 0.3 is 0 Å². The summed E-state index contributed by atoms with van der Waals surface area (Å²) >= 11 is 0. The minimum atomic E-state index is -3.58. The third-order valence-corrected chi connectivity index (χ3v) is 9.26. The fraction of sp³-hybridized carbons (Fsp3) is 0.333. The number of nitrogens with zero attached hydrogens (tertiary/aromatic N) is 2. The Morgan fingerprint density at radius 2 is 1.44 bits per heavy atom. The van der Waals surface area contributed by atoms with Crippen molar-refractivity contribution in [3.05, 3.63) is 102 Å². The summed E-state index contributed by atoms with van der Waals surface area (Å²) in [4.78, 5) is 2.81. The molecule has 0 aromatic heterocycles. The predicted molar refractivity (Wildman–Crippen MR) is 128 cm³/mol. The SMILES string of the molecule is CN(Cc1ccccc1)[C@]12C[C@H]1CCN(S(=O)(=O)c1ccccc1)[C@H]2Cc1ccccc1. The summed E-state index contributed by atoms with van der Waals surface area (Å²) < 4.78 is 29.4. The second kappa shape index (κ2) is 8.47. The van der Waals surface area contributed by atoms with Crippen LogP contribution in [-0.2, 0) is 23.0 Å². The maximum Gasteiger partial charge on any atom is 0.243 e. The lowest BCUT2D eigenvalue weighted by Gasteiger charge is -2.45. The summed E-state index contributed by atoms with van der Waals surface area (Å²) in [6.07, 6.45) is 2.69. The molecule has 3 atom stereocenters. The van der Waals surface area contributed by atoms with Gasteiger partial charge in [-0.15, -0.1) is 0 Å². The molecule has 0 amide bonds. The van der Waals surface area contributed by atoms with E-state index >= 15 is 0 Å². The van der Waals surface area contributed by atoms with Gasteiger partial charge in [0.15, 0.2) is 0 Å². The maximum atomic E-state index is 13.8. The molecular weight excluding hydrogens is 416 g/mol. The van der Waals surface area contributed by atoms with Gasteiger partial charge in [-0.1, -0.05) is 78.9 Å². The molecule has 1 aliphatic heterocycles. The minimum absolute atomic E-state index is 0.0948. The van der Waals surface area contributed by atoms with E-state index in [0.29, 0.717) is 17.4 Å². The summed E-state index contributed by atoms with van der Waals surface area (Å²) in [7, 11) is -1.41. The van der Waals surface area contributed by atoms with Gasteiger partial charge < -0.3 is 0 Å². The highest BCUT2D eigenvalue weighted by molar-refractivity contribution is 7.89. The zero-order chi connectivity index (χ0) is 22.2. The number of piperidine rings is 1. The van der Waals surface area contributed by atoms with Crippen LogP contribution in [0.1, 0.15) is 24.0 Å². The van der Waals surface area contributed by atoms with Crippen molar-refractivity contribution in [3.8, 4) is 0 Å². The van der Waals surface area contributed by atoms with Gasteiger partial charge in [0, 0.05) is 24.7 Å². The zero-order valence-electron chi connectivity index (χ0n) is 18.5. The second-order valence-electron chi connectivity index (χ2n) is 9.16. The quantitative estimate of drug-likeness (QED) is 0.533. The van der Waals surface area contributed by atoms with Crippen molar-refractivity contribution in [2.75, 3.05) is 13.6 Å². The Bertz CT molecular complexity index is 1150.